The zero-order valence-electron chi connectivity index (χ0n) is 12.4. The van der Waals surface area contributed by atoms with Crippen LogP contribution in [0.1, 0.15) is 7.79 Å². The molecule has 3 rings (SSSR count). The lowest BCUT2D eigenvalue weighted by molar-refractivity contribution is -0.0493. The van der Waals surface area contributed by atoms with Crippen molar-refractivity contribution in [2.24, 2.45) is 5.92 Å². The Labute approximate surface area is 118 Å². The van der Waals surface area contributed by atoms with Gasteiger partial charge in [-0.1, -0.05) is 0 Å². The third-order valence-electron chi connectivity index (χ3n) is 4.37. The van der Waals surface area contributed by atoms with Gasteiger partial charge in [0.15, 0.2) is 7.12 Å². The molecule has 0 amide bonds. The largest absolute Gasteiger partial charge is 0.433 e. The van der Waals surface area contributed by atoms with Crippen molar-refractivity contribution >= 4 is 11.4 Å². The molecular formula is C14H19F2N3O. The molecule has 6 heteroatoms. The Balaban J connectivity index is 1.79. The highest BCUT2D eigenvalue weighted by Crippen LogP contribution is 2.36. The van der Waals surface area contributed by atoms with Gasteiger partial charge in [0.25, 0.3) is 0 Å². The average Bonchev–Trinajstić information content (AvgIpc) is 2.93. The van der Waals surface area contributed by atoms with E-state index in [0.717, 1.165) is 25.3 Å². The van der Waals surface area contributed by atoms with Crippen molar-refractivity contribution in [2.75, 3.05) is 37.3 Å². The highest BCUT2D eigenvalue weighted by Gasteiger charge is 2.39. The fraction of sp³-hybridized carbons (Fsp3) is 0.571. The number of benzene rings is 1. The minimum absolute atomic E-state index is 0.113. The molecule has 0 saturated carbocycles. The number of likely N-dealkylation sites (tertiary alicyclic amines) is 1. The van der Waals surface area contributed by atoms with Crippen molar-refractivity contribution in [3.05, 3.63) is 18.2 Å². The topological polar surface area (TPSA) is 41.7 Å². The van der Waals surface area contributed by atoms with E-state index in [1.165, 1.54) is 12.5 Å². The van der Waals surface area contributed by atoms with E-state index in [2.05, 4.69) is 21.6 Å². The number of fused-ring (bicyclic) bond motifs is 1. The molecule has 4 nitrogen and oxygen atoms in total. The molecule has 0 spiro atoms. The number of halogens is 2. The molecule has 0 aliphatic carbocycles. The maximum Gasteiger partial charge on any atom is 0.387 e. The van der Waals surface area contributed by atoms with Gasteiger partial charge >= 0.3 is 6.59 Å². The minimum Gasteiger partial charge on any atom is -0.433 e. The van der Waals surface area contributed by atoms with Crippen LogP contribution >= 0.6 is 0 Å². The highest BCUT2D eigenvalue weighted by atomic mass is 19.3. The van der Waals surface area contributed by atoms with Crippen molar-refractivity contribution in [2.45, 2.75) is 19.1 Å². The van der Waals surface area contributed by atoms with Crippen molar-refractivity contribution in [3.8, 4) is 5.75 Å². The van der Waals surface area contributed by atoms with Gasteiger partial charge in [0.2, 0.25) is 0 Å². The molecule has 110 valence electrons. The summed E-state index contributed by atoms with van der Waals surface area (Å²) in [5.74, 6) is 0.479. The van der Waals surface area contributed by atoms with Crippen LogP contribution in [-0.4, -0.2) is 44.2 Å². The quantitative estimate of drug-likeness (QED) is 0.862. The van der Waals surface area contributed by atoms with E-state index < -0.39 is 6.59 Å². The van der Waals surface area contributed by atoms with Crippen LogP contribution in [0.3, 0.4) is 0 Å². The number of nitrogens with zero attached hydrogens (tertiary/aromatic N) is 2. The number of hydrogen-bond acceptors (Lipinski definition) is 4. The maximum absolute atomic E-state index is 12.7. The summed E-state index contributed by atoms with van der Waals surface area (Å²) in [5.41, 5.74) is 6.57. The Bertz CT molecular complexity index is 537. The predicted octanol–water partition coefficient (Wildman–Crippen LogP) is 2.01. The zero-order chi connectivity index (χ0) is 15.2. The van der Waals surface area contributed by atoms with Crippen molar-refractivity contribution in [3.63, 3.8) is 0 Å². The smallest absolute Gasteiger partial charge is 0.387 e. The summed E-state index contributed by atoms with van der Waals surface area (Å²) >= 11 is 0. The summed E-state index contributed by atoms with van der Waals surface area (Å²) in [6.45, 7) is -1.07. The highest BCUT2D eigenvalue weighted by molar-refractivity contribution is 5.63. The fourth-order valence-corrected chi connectivity index (χ4v) is 3.27. The predicted molar refractivity (Wildman–Crippen MR) is 74.2 cm³/mol. The van der Waals surface area contributed by atoms with E-state index in [1.54, 1.807) is 6.07 Å². The van der Waals surface area contributed by atoms with E-state index in [-0.39, 0.29) is 11.4 Å². The fourth-order valence-electron chi connectivity index (χ4n) is 3.27. The van der Waals surface area contributed by atoms with Crippen LogP contribution in [0.4, 0.5) is 20.2 Å². The number of nitrogens with two attached hydrogens (primary N) is 1. The number of alkyl halides is 2. The van der Waals surface area contributed by atoms with E-state index in [1.807, 2.05) is 6.07 Å². The molecule has 1 aromatic carbocycles. The molecule has 2 saturated heterocycles. The van der Waals surface area contributed by atoms with Gasteiger partial charge in [0.1, 0.15) is 0 Å². The van der Waals surface area contributed by atoms with E-state index in [4.69, 9.17) is 7.10 Å². The Morgan fingerprint density at radius 1 is 1.45 bits per heavy atom. The summed E-state index contributed by atoms with van der Waals surface area (Å²) in [6, 6.07) is 5.38. The Hall–Kier alpha value is -1.56. The third-order valence-corrected chi connectivity index (χ3v) is 4.37. The normalized spacial score (nSPS) is 27.6. The van der Waals surface area contributed by atoms with Gasteiger partial charge in [0.05, 0.1) is 5.69 Å². The minimum atomic E-state index is -3.98. The summed E-state index contributed by atoms with van der Waals surface area (Å²) in [6.07, 6.45) is 1.17. The second-order valence-electron chi connectivity index (χ2n) is 5.55. The van der Waals surface area contributed by atoms with Gasteiger partial charge in [-0.05, 0) is 38.1 Å². The SMILES string of the molecule is [2H]C(F)(F)Oc1cc(N2CC3CCN(C)C3C2)ccc1N. The van der Waals surface area contributed by atoms with Gasteiger partial charge in [-0.3, -0.25) is 0 Å². The van der Waals surface area contributed by atoms with Crippen LogP contribution in [0, 0.1) is 5.92 Å². The second-order valence-corrected chi connectivity index (χ2v) is 5.55. The number of ether oxygens (including phenoxy) is 1. The van der Waals surface area contributed by atoms with Gasteiger partial charge in [-0.2, -0.15) is 8.78 Å². The summed E-state index contributed by atoms with van der Waals surface area (Å²) in [7, 11) is 2.12. The molecule has 2 heterocycles. The van der Waals surface area contributed by atoms with Gasteiger partial charge < -0.3 is 20.3 Å². The number of anilines is 2. The Kier molecular flexibility index (Phi) is 3.10. The molecule has 2 atom stereocenters. The molecule has 0 radical (unpaired) electrons. The lowest BCUT2D eigenvalue weighted by Crippen LogP contribution is -2.32. The molecule has 0 bridgehead atoms. The first kappa shape index (κ1) is 12.2. The molecule has 2 N–H and O–H groups in total. The van der Waals surface area contributed by atoms with Crippen LogP contribution in [0.5, 0.6) is 5.75 Å². The first-order valence-corrected chi connectivity index (χ1v) is 6.75. The molecular weight excluding hydrogens is 264 g/mol. The number of likely N-dealkylation sites (N-methyl/N-ethyl adjacent to an activating group) is 1. The van der Waals surface area contributed by atoms with Crippen LogP contribution < -0.4 is 15.4 Å². The number of nitrogen functional groups attached to an aromatic ring is 1. The van der Waals surface area contributed by atoms with Crippen LogP contribution in [0.15, 0.2) is 18.2 Å². The molecule has 2 aliphatic heterocycles. The maximum atomic E-state index is 12.7. The molecule has 0 aromatic heterocycles. The van der Waals surface area contributed by atoms with Crippen LogP contribution in [0.2, 0.25) is 0 Å². The van der Waals surface area contributed by atoms with Crippen molar-refractivity contribution in [1.82, 2.24) is 4.90 Å². The Morgan fingerprint density at radius 3 is 2.95 bits per heavy atom. The lowest BCUT2D eigenvalue weighted by atomic mass is 10.1. The zero-order valence-corrected chi connectivity index (χ0v) is 11.4. The monoisotopic (exact) mass is 284 g/mol. The summed E-state index contributed by atoms with van der Waals surface area (Å²) in [5, 5.41) is 0. The molecule has 2 aliphatic rings. The van der Waals surface area contributed by atoms with Crippen LogP contribution in [-0.2, 0) is 0 Å². The van der Waals surface area contributed by atoms with Gasteiger partial charge in [-0.25, -0.2) is 0 Å². The first-order valence-electron chi connectivity index (χ1n) is 7.25. The molecule has 1 aromatic rings. The Morgan fingerprint density at radius 2 is 2.25 bits per heavy atom. The third kappa shape index (κ3) is 2.40. The van der Waals surface area contributed by atoms with Crippen LogP contribution in [0.25, 0.3) is 0 Å². The average molecular weight is 284 g/mol. The van der Waals surface area contributed by atoms with E-state index in [9.17, 15) is 8.78 Å². The second kappa shape index (κ2) is 5.09. The van der Waals surface area contributed by atoms with Gasteiger partial charge in [-0.15, -0.1) is 0 Å². The summed E-state index contributed by atoms with van der Waals surface area (Å²) < 4.78 is 36.3. The molecule has 20 heavy (non-hydrogen) atoms. The lowest BCUT2D eigenvalue weighted by Gasteiger charge is -2.23. The van der Waals surface area contributed by atoms with E-state index in [0.29, 0.717) is 12.0 Å². The van der Waals surface area contributed by atoms with E-state index >= 15 is 0 Å². The van der Waals surface area contributed by atoms with Gasteiger partial charge in [0, 0.05) is 30.9 Å². The summed E-state index contributed by atoms with van der Waals surface area (Å²) in [4.78, 5) is 4.51. The number of hydrogen-bond donors (Lipinski definition) is 1. The van der Waals surface area contributed by atoms with Crippen molar-refractivity contribution < 1.29 is 14.9 Å². The van der Waals surface area contributed by atoms with Crippen molar-refractivity contribution in [1.29, 1.82) is 0 Å². The first-order chi connectivity index (χ1) is 9.83. The molecule has 2 unspecified atom stereocenters. The molecule has 2 fully saturated rings. The number of rotatable bonds is 3. The standard InChI is InChI=1S/C14H19F2N3O/c1-18-5-4-9-7-19(8-12(9)18)10-2-3-11(17)13(6-10)20-14(15)16/h2-3,6,9,12,14H,4-5,7-8,17H2,1H3/i14D.